The topological polar surface area (TPSA) is 49.4 Å². The SMILES string of the molecule is C[C@H]1CCCC[C@H]1NC(=O)c1cccc(N2CCCC2=O)c1. The number of hydrogen-bond donors (Lipinski definition) is 1. The second-order valence-corrected chi connectivity index (χ2v) is 6.54. The minimum absolute atomic E-state index is 0.0211. The molecule has 4 heteroatoms. The highest BCUT2D eigenvalue weighted by atomic mass is 16.2. The minimum atomic E-state index is -0.0211. The molecule has 0 bridgehead atoms. The Bertz CT molecular complexity index is 570. The van der Waals surface area contributed by atoms with E-state index in [0.717, 1.165) is 25.1 Å². The molecule has 22 heavy (non-hydrogen) atoms. The molecule has 1 saturated heterocycles. The van der Waals surface area contributed by atoms with E-state index in [-0.39, 0.29) is 17.9 Å². The Kier molecular flexibility index (Phi) is 4.46. The van der Waals surface area contributed by atoms with Gasteiger partial charge in [0.2, 0.25) is 5.91 Å². The lowest BCUT2D eigenvalue weighted by Gasteiger charge is -2.29. The molecule has 0 radical (unpaired) electrons. The monoisotopic (exact) mass is 300 g/mol. The molecule has 2 amide bonds. The van der Waals surface area contributed by atoms with Gasteiger partial charge in [0.1, 0.15) is 0 Å². The van der Waals surface area contributed by atoms with Crippen LogP contribution >= 0.6 is 0 Å². The maximum atomic E-state index is 12.5. The minimum Gasteiger partial charge on any atom is -0.349 e. The zero-order valence-corrected chi connectivity index (χ0v) is 13.2. The first-order valence-corrected chi connectivity index (χ1v) is 8.36. The van der Waals surface area contributed by atoms with Gasteiger partial charge in [-0.15, -0.1) is 0 Å². The Morgan fingerprint density at radius 2 is 2.05 bits per heavy atom. The molecule has 3 rings (SSSR count). The van der Waals surface area contributed by atoms with Gasteiger partial charge in [0.05, 0.1) is 0 Å². The number of carbonyl (C=O) groups is 2. The van der Waals surface area contributed by atoms with Crippen LogP contribution in [0.15, 0.2) is 24.3 Å². The van der Waals surface area contributed by atoms with Gasteiger partial charge >= 0.3 is 0 Å². The van der Waals surface area contributed by atoms with Crippen molar-refractivity contribution in [1.82, 2.24) is 5.32 Å². The highest BCUT2D eigenvalue weighted by molar-refractivity contribution is 5.99. The van der Waals surface area contributed by atoms with Gasteiger partial charge in [0.15, 0.2) is 0 Å². The molecule has 2 aliphatic rings. The van der Waals surface area contributed by atoms with Gasteiger partial charge in [-0.1, -0.05) is 25.8 Å². The summed E-state index contributed by atoms with van der Waals surface area (Å²) in [4.78, 5) is 26.1. The third-order valence-corrected chi connectivity index (χ3v) is 4.92. The van der Waals surface area contributed by atoms with Crippen molar-refractivity contribution in [2.75, 3.05) is 11.4 Å². The van der Waals surface area contributed by atoms with Crippen molar-refractivity contribution in [2.24, 2.45) is 5.92 Å². The van der Waals surface area contributed by atoms with Crippen LogP contribution < -0.4 is 10.2 Å². The normalized spacial score (nSPS) is 25.3. The maximum Gasteiger partial charge on any atom is 0.251 e. The summed E-state index contributed by atoms with van der Waals surface area (Å²) >= 11 is 0. The number of amides is 2. The average molecular weight is 300 g/mol. The maximum absolute atomic E-state index is 12.5. The lowest BCUT2D eigenvalue weighted by Crippen LogP contribution is -2.41. The Labute approximate surface area is 131 Å². The Hall–Kier alpha value is -1.84. The number of anilines is 1. The molecule has 0 spiro atoms. The largest absolute Gasteiger partial charge is 0.349 e. The summed E-state index contributed by atoms with van der Waals surface area (Å²) in [6.45, 7) is 2.97. The van der Waals surface area contributed by atoms with Gasteiger partial charge in [-0.25, -0.2) is 0 Å². The van der Waals surface area contributed by atoms with Crippen molar-refractivity contribution in [3.63, 3.8) is 0 Å². The zero-order valence-electron chi connectivity index (χ0n) is 13.2. The summed E-state index contributed by atoms with van der Waals surface area (Å²) in [5.41, 5.74) is 1.49. The third-order valence-electron chi connectivity index (χ3n) is 4.92. The number of carbonyl (C=O) groups excluding carboxylic acids is 2. The summed E-state index contributed by atoms with van der Waals surface area (Å²) < 4.78 is 0. The molecule has 2 atom stereocenters. The number of rotatable bonds is 3. The summed E-state index contributed by atoms with van der Waals surface area (Å²) in [6.07, 6.45) is 6.22. The molecule has 1 aliphatic heterocycles. The van der Waals surface area contributed by atoms with Crippen LogP contribution in [0.4, 0.5) is 5.69 Å². The molecular formula is C18H24N2O2. The van der Waals surface area contributed by atoms with Gasteiger partial charge in [0, 0.05) is 30.3 Å². The second kappa shape index (κ2) is 6.51. The molecule has 1 aromatic rings. The first kappa shape index (κ1) is 15.1. The van der Waals surface area contributed by atoms with Crippen LogP contribution in [0.2, 0.25) is 0 Å². The van der Waals surface area contributed by atoms with E-state index in [1.54, 1.807) is 4.90 Å². The molecule has 0 unspecified atom stereocenters. The summed E-state index contributed by atoms with van der Waals surface area (Å²) in [6, 6.07) is 7.71. The standard InChI is InChI=1S/C18H24N2O2/c1-13-6-2-3-9-16(13)19-18(22)14-7-4-8-15(12-14)20-11-5-10-17(20)21/h4,7-8,12-13,16H,2-3,5-6,9-11H2,1H3,(H,19,22)/t13-,16+/m0/s1. The first-order chi connectivity index (χ1) is 10.6. The van der Waals surface area contributed by atoms with Crippen molar-refractivity contribution < 1.29 is 9.59 Å². The lowest BCUT2D eigenvalue weighted by molar-refractivity contribution is -0.117. The molecular weight excluding hydrogens is 276 g/mol. The highest BCUT2D eigenvalue weighted by Gasteiger charge is 2.25. The van der Waals surface area contributed by atoms with Crippen molar-refractivity contribution >= 4 is 17.5 Å². The summed E-state index contributed by atoms with van der Waals surface area (Å²) in [5, 5.41) is 3.17. The van der Waals surface area contributed by atoms with Crippen molar-refractivity contribution in [3.05, 3.63) is 29.8 Å². The van der Waals surface area contributed by atoms with E-state index in [1.165, 1.54) is 19.3 Å². The predicted molar refractivity (Wildman–Crippen MR) is 86.9 cm³/mol. The Morgan fingerprint density at radius 3 is 2.77 bits per heavy atom. The number of benzene rings is 1. The van der Waals surface area contributed by atoms with Crippen LogP contribution in [0, 0.1) is 5.92 Å². The fourth-order valence-corrected chi connectivity index (χ4v) is 3.52. The van der Waals surface area contributed by atoms with Gasteiger partial charge in [-0.2, -0.15) is 0 Å². The second-order valence-electron chi connectivity index (χ2n) is 6.54. The van der Waals surface area contributed by atoms with E-state index in [2.05, 4.69) is 12.2 Å². The Balaban J connectivity index is 1.71. The van der Waals surface area contributed by atoms with E-state index in [9.17, 15) is 9.59 Å². The van der Waals surface area contributed by atoms with Crippen LogP contribution in [0.3, 0.4) is 0 Å². The predicted octanol–water partition coefficient (Wildman–Crippen LogP) is 3.12. The fraction of sp³-hybridized carbons (Fsp3) is 0.556. The van der Waals surface area contributed by atoms with Crippen LogP contribution in [0.25, 0.3) is 0 Å². The average Bonchev–Trinajstić information content (AvgIpc) is 2.96. The van der Waals surface area contributed by atoms with Crippen LogP contribution in [0.1, 0.15) is 55.8 Å². The van der Waals surface area contributed by atoms with Crippen molar-refractivity contribution in [1.29, 1.82) is 0 Å². The zero-order chi connectivity index (χ0) is 15.5. The van der Waals surface area contributed by atoms with Gasteiger partial charge in [-0.3, -0.25) is 9.59 Å². The number of nitrogens with one attached hydrogen (secondary N) is 1. The molecule has 118 valence electrons. The van der Waals surface area contributed by atoms with Crippen LogP contribution in [-0.2, 0) is 4.79 Å². The van der Waals surface area contributed by atoms with Gasteiger partial charge in [0.25, 0.3) is 5.91 Å². The third kappa shape index (κ3) is 3.16. The summed E-state index contributed by atoms with van der Waals surface area (Å²) in [7, 11) is 0. The molecule has 2 fully saturated rings. The van der Waals surface area contributed by atoms with E-state index in [4.69, 9.17) is 0 Å². The molecule has 4 nitrogen and oxygen atoms in total. The molecule has 0 aromatic heterocycles. The van der Waals surface area contributed by atoms with Crippen LogP contribution in [0.5, 0.6) is 0 Å². The first-order valence-electron chi connectivity index (χ1n) is 8.36. The van der Waals surface area contributed by atoms with E-state index in [0.29, 0.717) is 17.9 Å². The number of nitrogens with zero attached hydrogens (tertiary/aromatic N) is 1. The fourth-order valence-electron chi connectivity index (χ4n) is 3.52. The smallest absolute Gasteiger partial charge is 0.251 e. The highest BCUT2D eigenvalue weighted by Crippen LogP contribution is 2.25. The van der Waals surface area contributed by atoms with E-state index in [1.807, 2.05) is 24.3 Å². The molecule has 1 N–H and O–H groups in total. The molecule has 1 aromatic carbocycles. The molecule has 1 saturated carbocycles. The van der Waals surface area contributed by atoms with Gasteiger partial charge < -0.3 is 10.2 Å². The van der Waals surface area contributed by atoms with Crippen molar-refractivity contribution in [3.8, 4) is 0 Å². The van der Waals surface area contributed by atoms with Crippen LogP contribution in [-0.4, -0.2) is 24.4 Å². The van der Waals surface area contributed by atoms with E-state index < -0.39 is 0 Å². The molecule has 1 heterocycles. The quantitative estimate of drug-likeness (QED) is 0.932. The van der Waals surface area contributed by atoms with Gasteiger partial charge in [-0.05, 0) is 43.4 Å². The summed E-state index contributed by atoms with van der Waals surface area (Å²) in [5.74, 6) is 0.673. The van der Waals surface area contributed by atoms with Crippen molar-refractivity contribution in [2.45, 2.75) is 51.5 Å². The number of hydrogen-bond acceptors (Lipinski definition) is 2. The lowest BCUT2D eigenvalue weighted by atomic mass is 9.86. The Morgan fingerprint density at radius 1 is 1.23 bits per heavy atom. The molecule has 1 aliphatic carbocycles. The van der Waals surface area contributed by atoms with E-state index >= 15 is 0 Å².